The maximum Gasteiger partial charge on any atom is 0.307 e. The Bertz CT molecular complexity index is 349. The number of aromatic hydroxyl groups is 1. The fourth-order valence-corrected chi connectivity index (χ4v) is 1.29. The van der Waals surface area contributed by atoms with Crippen LogP contribution >= 0.6 is 23.2 Å². The van der Waals surface area contributed by atoms with E-state index in [4.69, 9.17) is 33.4 Å². The van der Waals surface area contributed by atoms with Gasteiger partial charge in [0.1, 0.15) is 10.8 Å². The smallest absolute Gasteiger partial charge is 0.307 e. The fourth-order valence-electron chi connectivity index (χ4n) is 0.879. The number of carboxylic acid groups (broad SMARTS) is 1. The molecule has 5 heteroatoms. The molecule has 0 aromatic heterocycles. The van der Waals surface area contributed by atoms with Crippen LogP contribution in [0.1, 0.15) is 5.56 Å². The van der Waals surface area contributed by atoms with Crippen molar-refractivity contribution in [2.75, 3.05) is 0 Å². The number of phenols is 1. The molecule has 0 amide bonds. The summed E-state index contributed by atoms with van der Waals surface area (Å²) in [7, 11) is 0. The van der Waals surface area contributed by atoms with Gasteiger partial charge in [0.15, 0.2) is 0 Å². The molecule has 1 rings (SSSR count). The molecule has 3 nitrogen and oxygen atoms in total. The number of hydrogen-bond acceptors (Lipinski definition) is 2. The summed E-state index contributed by atoms with van der Waals surface area (Å²) in [6, 6.07) is 2.74. The normalized spacial score (nSPS) is 10.0. The van der Waals surface area contributed by atoms with Crippen LogP contribution in [0.3, 0.4) is 0 Å². The maximum atomic E-state index is 10.4. The van der Waals surface area contributed by atoms with Crippen molar-refractivity contribution < 1.29 is 15.0 Å². The van der Waals surface area contributed by atoms with Gasteiger partial charge in [-0.3, -0.25) is 4.79 Å². The Balaban J connectivity index is 3.10. The maximum absolute atomic E-state index is 10.4. The molecule has 0 saturated heterocycles. The summed E-state index contributed by atoms with van der Waals surface area (Å²) in [6.45, 7) is 0. The minimum Gasteiger partial charge on any atom is -0.506 e. The lowest BCUT2D eigenvalue weighted by Crippen LogP contribution is -2.00. The van der Waals surface area contributed by atoms with Crippen LogP contribution < -0.4 is 0 Å². The molecule has 0 bridgehead atoms. The van der Waals surface area contributed by atoms with Crippen LogP contribution in [0, 0.1) is 0 Å². The Morgan fingerprint density at radius 3 is 2.46 bits per heavy atom. The fraction of sp³-hybridized carbons (Fsp3) is 0.125. The molecule has 0 aliphatic heterocycles. The Hall–Kier alpha value is -0.930. The minimum absolute atomic E-state index is 0.0135. The number of phenolic OH excluding ortho intramolecular Hbond substituents is 1. The van der Waals surface area contributed by atoms with Crippen molar-refractivity contribution in [3.05, 3.63) is 27.7 Å². The third kappa shape index (κ3) is 2.26. The number of benzene rings is 1. The van der Waals surface area contributed by atoms with E-state index < -0.39 is 5.97 Å². The Morgan fingerprint density at radius 2 is 1.92 bits per heavy atom. The van der Waals surface area contributed by atoms with Crippen LogP contribution in [-0.2, 0) is 11.2 Å². The van der Waals surface area contributed by atoms with Crippen molar-refractivity contribution in [1.82, 2.24) is 0 Å². The predicted octanol–water partition coefficient (Wildman–Crippen LogP) is 2.33. The zero-order chi connectivity index (χ0) is 10.0. The van der Waals surface area contributed by atoms with Crippen molar-refractivity contribution in [3.63, 3.8) is 0 Å². The van der Waals surface area contributed by atoms with Crippen LogP contribution in [-0.4, -0.2) is 16.2 Å². The molecule has 0 aliphatic rings. The van der Waals surface area contributed by atoms with Crippen LogP contribution in [0.25, 0.3) is 0 Å². The summed E-state index contributed by atoms with van der Waals surface area (Å²) in [5, 5.41) is 17.7. The van der Waals surface area contributed by atoms with E-state index >= 15 is 0 Å². The van der Waals surface area contributed by atoms with Gasteiger partial charge in [0.2, 0.25) is 0 Å². The highest BCUT2D eigenvalue weighted by atomic mass is 35.5. The van der Waals surface area contributed by atoms with Gasteiger partial charge in [0, 0.05) is 0 Å². The van der Waals surface area contributed by atoms with Crippen LogP contribution in [0.15, 0.2) is 12.1 Å². The van der Waals surface area contributed by atoms with E-state index in [1.54, 1.807) is 0 Å². The van der Waals surface area contributed by atoms with Crippen molar-refractivity contribution in [2.45, 2.75) is 6.42 Å². The van der Waals surface area contributed by atoms with Gasteiger partial charge >= 0.3 is 5.97 Å². The first-order chi connectivity index (χ1) is 6.02. The average Bonchev–Trinajstić information content (AvgIpc) is 2.06. The molecule has 0 aliphatic carbocycles. The first kappa shape index (κ1) is 10.2. The molecular weight excluding hydrogens is 215 g/mol. The lowest BCUT2D eigenvalue weighted by molar-refractivity contribution is -0.136. The predicted molar refractivity (Wildman–Crippen MR) is 49.5 cm³/mol. The highest BCUT2D eigenvalue weighted by molar-refractivity contribution is 6.43. The topological polar surface area (TPSA) is 57.5 Å². The first-order valence-corrected chi connectivity index (χ1v) is 4.15. The van der Waals surface area contributed by atoms with E-state index in [0.29, 0.717) is 5.56 Å². The van der Waals surface area contributed by atoms with E-state index in [-0.39, 0.29) is 22.2 Å². The number of rotatable bonds is 2. The van der Waals surface area contributed by atoms with Crippen molar-refractivity contribution in [1.29, 1.82) is 0 Å². The van der Waals surface area contributed by atoms with E-state index in [9.17, 15) is 4.79 Å². The summed E-state index contributed by atoms with van der Waals surface area (Å²) < 4.78 is 0. The Morgan fingerprint density at radius 1 is 1.31 bits per heavy atom. The molecule has 0 saturated carbocycles. The summed E-state index contributed by atoms with van der Waals surface area (Å²) in [5.41, 5.74) is 0.386. The van der Waals surface area contributed by atoms with Crippen molar-refractivity contribution in [2.24, 2.45) is 0 Å². The van der Waals surface area contributed by atoms with Crippen molar-refractivity contribution in [3.8, 4) is 5.75 Å². The van der Waals surface area contributed by atoms with Gasteiger partial charge in [-0.05, 0) is 11.6 Å². The van der Waals surface area contributed by atoms with E-state index in [2.05, 4.69) is 0 Å². The molecule has 0 fully saturated rings. The van der Waals surface area contributed by atoms with Crippen LogP contribution in [0.2, 0.25) is 10.0 Å². The Labute approximate surface area is 84.5 Å². The monoisotopic (exact) mass is 220 g/mol. The summed E-state index contributed by atoms with van der Waals surface area (Å²) >= 11 is 11.3. The third-order valence-corrected chi connectivity index (χ3v) is 2.39. The number of halogens is 2. The highest BCUT2D eigenvalue weighted by Crippen LogP contribution is 2.33. The third-order valence-electron chi connectivity index (χ3n) is 1.48. The molecule has 2 N–H and O–H groups in total. The molecule has 0 unspecified atom stereocenters. The quantitative estimate of drug-likeness (QED) is 0.805. The molecule has 13 heavy (non-hydrogen) atoms. The standard InChI is InChI=1S/C8H6Cl2O3/c9-7-4(3-6(12)13)1-2-5(11)8(7)10/h1-2,11H,3H2,(H,12,13). The zero-order valence-corrected chi connectivity index (χ0v) is 7.93. The average molecular weight is 221 g/mol. The van der Waals surface area contributed by atoms with Gasteiger partial charge in [-0.15, -0.1) is 0 Å². The largest absolute Gasteiger partial charge is 0.506 e. The van der Waals surface area contributed by atoms with Gasteiger partial charge < -0.3 is 10.2 Å². The second-order valence-electron chi connectivity index (χ2n) is 2.44. The van der Waals surface area contributed by atoms with Gasteiger partial charge in [0.05, 0.1) is 11.4 Å². The second kappa shape index (κ2) is 3.85. The first-order valence-electron chi connectivity index (χ1n) is 3.40. The van der Waals surface area contributed by atoms with Gasteiger partial charge in [-0.1, -0.05) is 29.3 Å². The lowest BCUT2D eigenvalue weighted by atomic mass is 10.1. The minimum atomic E-state index is -0.997. The molecule has 0 spiro atoms. The molecule has 0 heterocycles. The summed E-state index contributed by atoms with van der Waals surface area (Å²) in [6.07, 6.45) is -0.209. The number of aliphatic carboxylic acids is 1. The summed E-state index contributed by atoms with van der Waals surface area (Å²) in [5.74, 6) is -1.15. The Kier molecular flexibility index (Phi) is 3.01. The van der Waals surface area contributed by atoms with Crippen LogP contribution in [0.4, 0.5) is 0 Å². The van der Waals surface area contributed by atoms with E-state index in [0.717, 1.165) is 0 Å². The molecule has 70 valence electrons. The highest BCUT2D eigenvalue weighted by Gasteiger charge is 2.11. The molecule has 1 aromatic carbocycles. The number of hydrogen-bond donors (Lipinski definition) is 2. The number of carboxylic acids is 1. The second-order valence-corrected chi connectivity index (χ2v) is 3.20. The van der Waals surface area contributed by atoms with Crippen molar-refractivity contribution >= 4 is 29.2 Å². The molecular formula is C8H6Cl2O3. The van der Waals surface area contributed by atoms with Gasteiger partial charge in [-0.2, -0.15) is 0 Å². The summed E-state index contributed by atoms with van der Waals surface area (Å²) in [4.78, 5) is 10.4. The zero-order valence-electron chi connectivity index (χ0n) is 6.42. The SMILES string of the molecule is O=C(O)Cc1ccc(O)c(Cl)c1Cl. The molecule has 0 radical (unpaired) electrons. The molecule has 1 aromatic rings. The van der Waals surface area contributed by atoms with Crippen LogP contribution in [0.5, 0.6) is 5.75 Å². The number of carbonyl (C=O) groups is 1. The molecule has 0 atom stereocenters. The van der Waals surface area contributed by atoms with E-state index in [1.165, 1.54) is 12.1 Å². The lowest BCUT2D eigenvalue weighted by Gasteiger charge is -2.04. The van der Waals surface area contributed by atoms with E-state index in [1.807, 2.05) is 0 Å². The van der Waals surface area contributed by atoms with Gasteiger partial charge in [-0.25, -0.2) is 0 Å². The van der Waals surface area contributed by atoms with Gasteiger partial charge in [0.25, 0.3) is 0 Å².